The zero-order valence-corrected chi connectivity index (χ0v) is 66.1. The van der Waals surface area contributed by atoms with E-state index in [-0.39, 0.29) is 5.41 Å². The topological polar surface area (TPSA) is 64.7 Å². The Bertz CT molecular complexity index is 7590. The second-order valence-electron chi connectivity index (χ2n) is 31.7. The minimum atomic E-state index is -0.750. The van der Waals surface area contributed by atoms with Crippen LogP contribution in [-0.4, -0.2) is 19.9 Å². The van der Waals surface area contributed by atoms with E-state index in [9.17, 15) is 0 Å². The van der Waals surface area contributed by atoms with Crippen LogP contribution in [0.25, 0.3) is 169 Å². The van der Waals surface area contributed by atoms with Crippen LogP contribution in [0, 0.1) is 0 Å². The Morgan fingerprint density at radius 1 is 0.316 bits per heavy atom. The minimum Gasteiger partial charge on any atom is -0.456 e. The van der Waals surface area contributed by atoms with Crippen molar-refractivity contribution in [1.82, 2.24) is 19.9 Å². The highest BCUT2D eigenvalue weighted by molar-refractivity contribution is 7.26. The van der Waals surface area contributed by atoms with Crippen molar-refractivity contribution in [3.05, 3.63) is 438 Å². The van der Waals surface area contributed by atoms with Crippen molar-refractivity contribution in [3.8, 4) is 101 Å². The van der Waals surface area contributed by atoms with Crippen LogP contribution >= 0.6 is 22.7 Å². The summed E-state index contributed by atoms with van der Waals surface area (Å²) in [5.74, 6) is 1.32. The minimum absolute atomic E-state index is 0.213. The van der Waals surface area contributed by atoms with Crippen molar-refractivity contribution in [3.63, 3.8) is 0 Å². The number of thiophene rings is 2. The molecule has 3 aliphatic rings. The maximum Gasteiger partial charge on any atom is 0.161 e. The third kappa shape index (κ3) is 10.2. The number of hydrogen-bond donors (Lipinski definition) is 0. The zero-order chi connectivity index (χ0) is 77.8. The van der Waals surface area contributed by atoms with Gasteiger partial charge < -0.3 is 4.42 Å². The number of furan rings is 1. The summed E-state index contributed by atoms with van der Waals surface area (Å²) in [6.07, 6.45) is 6.29. The number of hydrogen-bond acceptors (Lipinski definition) is 7. The van der Waals surface area contributed by atoms with E-state index in [2.05, 4.69) is 379 Å². The maximum atomic E-state index is 6.58. The van der Waals surface area contributed by atoms with Crippen LogP contribution in [0.3, 0.4) is 0 Å². The molecule has 5 nitrogen and oxygen atoms in total. The maximum absolute atomic E-state index is 6.58. The highest BCUT2D eigenvalue weighted by Gasteiger charge is 2.49. The third-order valence-electron chi connectivity index (χ3n) is 25.3. The SMILES string of the molecule is C=C/C=C\C1=C(C)c2c(-c3cc(-c4cccc5c4sc4ccccc45)nc(-c4ccc5c(c4)C(C)(C)c4ccccc4-5)n3)cccc2C1(c1ccccc1)c1ccc(-c2ccc3sc4c(-c5cc(-c6cccc7c6-c6ccccc6C7(c6ccccc6)c6ccccc6)nc(-c6cccc7oc8ccccc8c67)n5)cccc4c3c2)cc1. The van der Waals surface area contributed by atoms with E-state index in [0.717, 1.165) is 105 Å². The van der Waals surface area contributed by atoms with Crippen molar-refractivity contribution in [2.45, 2.75) is 37.0 Å². The summed E-state index contributed by atoms with van der Waals surface area (Å²) in [7, 11) is 0. The molecule has 20 aromatic rings. The quantitative estimate of drug-likeness (QED) is 0.108. The van der Waals surface area contributed by atoms with Crippen LogP contribution in [0.2, 0.25) is 0 Å². The monoisotopic (exact) mass is 1530 g/mol. The van der Waals surface area contributed by atoms with Gasteiger partial charge in [0.2, 0.25) is 0 Å². The molecule has 550 valence electrons. The molecule has 0 fully saturated rings. The van der Waals surface area contributed by atoms with Gasteiger partial charge in [0.1, 0.15) is 11.2 Å². The van der Waals surface area contributed by atoms with Crippen LogP contribution in [0.5, 0.6) is 0 Å². The molecule has 5 aromatic heterocycles. The number of benzene rings is 15. The molecule has 1 atom stereocenters. The molecule has 23 rings (SSSR count). The average Bonchev–Trinajstić information content (AvgIpc) is 1.54. The van der Waals surface area contributed by atoms with Crippen LogP contribution in [0.1, 0.15) is 76.4 Å². The molecule has 0 bridgehead atoms. The lowest BCUT2D eigenvalue weighted by atomic mass is 9.66. The third-order valence-corrected chi connectivity index (χ3v) is 27.8. The second-order valence-corrected chi connectivity index (χ2v) is 33.8. The summed E-state index contributed by atoms with van der Waals surface area (Å²) in [4.78, 5) is 22.8. The first-order valence-corrected chi connectivity index (χ1v) is 41.7. The van der Waals surface area contributed by atoms with E-state index in [4.69, 9.17) is 24.4 Å². The standard InChI is InChI=1S/C110H72N4OS2/c1-5-6-46-87-66(2)101-80(93-64-95(82-43-24-39-77-76-36-19-23-53-99(76)116-104(77)82)112-106(111-93)69-56-60-75-74-35-16-20-47-88(74)108(3,4)92(75)63-69)41-26-49-90(101)109(87,70-29-10-7-11-30-70)73-58-54-67(55-59-73)68-57-61-100-86(62-68)78-40-25-44-83(105(78)117-100)96-65-94(113-107(114-96)85-45-28-52-98-103(85)84-38-18-22-51-97(84)115-98)81-42-27-50-91-102(81)79-37-17-21-48-89(79)110(91,71-31-12-8-13-32-71)72-33-14-9-15-34-72/h5-65H,1H2,2-4H3/b46-6-. The van der Waals surface area contributed by atoms with Gasteiger partial charge in [-0.25, -0.2) is 19.9 Å². The Balaban J connectivity index is 0.666. The van der Waals surface area contributed by atoms with Crippen molar-refractivity contribution in [2.75, 3.05) is 0 Å². The fourth-order valence-electron chi connectivity index (χ4n) is 20.2. The van der Waals surface area contributed by atoms with E-state index in [0.29, 0.717) is 11.6 Å². The van der Waals surface area contributed by atoms with Gasteiger partial charge in [0, 0.05) is 89.9 Å². The number of allylic oxidation sites excluding steroid dienone is 5. The lowest BCUT2D eigenvalue weighted by Gasteiger charge is -2.35. The molecular weight excluding hydrogens is 1460 g/mol. The number of para-hydroxylation sites is 1. The summed E-state index contributed by atoms with van der Waals surface area (Å²) in [5, 5.41) is 6.85. The Hall–Kier alpha value is -14.1. The van der Waals surface area contributed by atoms with Gasteiger partial charge in [0.15, 0.2) is 11.6 Å². The van der Waals surface area contributed by atoms with Gasteiger partial charge in [-0.3, -0.25) is 0 Å². The molecule has 0 saturated heterocycles. The van der Waals surface area contributed by atoms with E-state index < -0.39 is 10.8 Å². The lowest BCUT2D eigenvalue weighted by Crippen LogP contribution is -2.29. The fourth-order valence-corrected chi connectivity index (χ4v) is 22.6. The smallest absolute Gasteiger partial charge is 0.161 e. The summed E-state index contributed by atoms with van der Waals surface area (Å²) < 4.78 is 11.4. The molecule has 0 aliphatic heterocycles. The first kappa shape index (κ1) is 68.5. The molecule has 15 aromatic carbocycles. The van der Waals surface area contributed by atoms with Crippen LogP contribution in [0.4, 0.5) is 0 Å². The van der Waals surface area contributed by atoms with Gasteiger partial charge in [-0.15, -0.1) is 22.7 Å². The second kappa shape index (κ2) is 26.5. The number of fused-ring (bicyclic) bond motifs is 16. The largest absolute Gasteiger partial charge is 0.456 e. The number of rotatable bonds is 13. The molecule has 7 heteroatoms. The molecule has 0 saturated carbocycles. The number of nitrogens with zero attached hydrogens (tertiary/aromatic N) is 4. The highest BCUT2D eigenvalue weighted by Crippen LogP contribution is 2.61. The number of aromatic nitrogens is 4. The molecule has 0 spiro atoms. The van der Waals surface area contributed by atoms with Crippen molar-refractivity contribution < 1.29 is 4.42 Å². The van der Waals surface area contributed by atoms with Gasteiger partial charge in [0.25, 0.3) is 0 Å². The van der Waals surface area contributed by atoms with E-state index in [1.54, 1.807) is 0 Å². The first-order chi connectivity index (χ1) is 57.6. The van der Waals surface area contributed by atoms with Crippen LogP contribution < -0.4 is 0 Å². The van der Waals surface area contributed by atoms with Gasteiger partial charge in [-0.2, -0.15) is 0 Å². The molecule has 1 unspecified atom stereocenters. The van der Waals surface area contributed by atoms with E-state index in [1.807, 2.05) is 40.9 Å². The highest BCUT2D eigenvalue weighted by atomic mass is 32.1. The summed E-state index contributed by atoms with van der Waals surface area (Å²) in [5.41, 5.74) is 31.3. The molecule has 3 aliphatic carbocycles. The average molecular weight is 1530 g/mol. The van der Waals surface area contributed by atoms with Gasteiger partial charge in [-0.05, 0) is 156 Å². The normalized spacial score (nSPS) is 14.9. The van der Waals surface area contributed by atoms with Crippen molar-refractivity contribution in [2.24, 2.45) is 0 Å². The molecule has 0 N–H and O–H groups in total. The Kier molecular flexibility index (Phi) is 15.5. The predicted octanol–water partition coefficient (Wildman–Crippen LogP) is 29.1. The fraction of sp³-hybridized carbons (Fsp3) is 0.0545. The van der Waals surface area contributed by atoms with E-state index in [1.165, 1.54) is 114 Å². The molecule has 117 heavy (non-hydrogen) atoms. The predicted molar refractivity (Wildman–Crippen MR) is 488 cm³/mol. The Morgan fingerprint density at radius 2 is 0.778 bits per heavy atom. The molecule has 5 heterocycles. The summed E-state index contributed by atoms with van der Waals surface area (Å²) in [6.45, 7) is 11.2. The Morgan fingerprint density at radius 3 is 1.46 bits per heavy atom. The van der Waals surface area contributed by atoms with Crippen molar-refractivity contribution >= 4 is 90.5 Å². The molecule has 0 amide bonds. The zero-order valence-electron chi connectivity index (χ0n) is 64.4. The molecule has 0 radical (unpaired) electrons. The lowest BCUT2D eigenvalue weighted by molar-refractivity contribution is 0.660. The van der Waals surface area contributed by atoms with Gasteiger partial charge in [-0.1, -0.05) is 342 Å². The summed E-state index contributed by atoms with van der Waals surface area (Å²) in [6, 6.07) is 129. The molecular formula is C110H72N4OS2. The van der Waals surface area contributed by atoms with Gasteiger partial charge >= 0.3 is 0 Å². The first-order valence-electron chi connectivity index (χ1n) is 40.1. The summed E-state index contributed by atoms with van der Waals surface area (Å²) >= 11 is 3.65. The van der Waals surface area contributed by atoms with Gasteiger partial charge in [0.05, 0.1) is 33.6 Å². The van der Waals surface area contributed by atoms with Crippen molar-refractivity contribution in [1.29, 1.82) is 0 Å². The Labute approximate surface area is 686 Å². The van der Waals surface area contributed by atoms with E-state index >= 15 is 0 Å². The van der Waals surface area contributed by atoms with Crippen LogP contribution in [0.15, 0.2) is 387 Å². The van der Waals surface area contributed by atoms with Crippen LogP contribution in [-0.2, 0) is 16.2 Å².